The van der Waals surface area contributed by atoms with Crippen molar-refractivity contribution in [1.82, 2.24) is 0 Å². The third-order valence-electron chi connectivity index (χ3n) is 3.17. The molecule has 5 nitrogen and oxygen atoms in total. The van der Waals surface area contributed by atoms with Crippen LogP contribution in [0, 0.1) is 11.6 Å². The van der Waals surface area contributed by atoms with E-state index >= 15 is 0 Å². The molecule has 0 aliphatic carbocycles. The molecule has 1 N–H and O–H groups in total. The maximum atomic E-state index is 13.5. The first-order valence-electron chi connectivity index (χ1n) is 7.28. The second-order valence-electron chi connectivity index (χ2n) is 5.04. The molecule has 26 heavy (non-hydrogen) atoms. The summed E-state index contributed by atoms with van der Waals surface area (Å²) in [5.74, 6) is -4.22. The van der Waals surface area contributed by atoms with E-state index in [0.29, 0.717) is 6.07 Å². The molecule has 0 saturated carbocycles. The minimum atomic E-state index is -3.15. The lowest BCUT2D eigenvalue weighted by Gasteiger charge is -2.15. The van der Waals surface area contributed by atoms with Gasteiger partial charge in [-0.1, -0.05) is 12.1 Å². The van der Waals surface area contributed by atoms with E-state index < -0.39 is 42.0 Å². The fourth-order valence-corrected chi connectivity index (χ4v) is 1.94. The Morgan fingerprint density at radius 1 is 1.08 bits per heavy atom. The summed E-state index contributed by atoms with van der Waals surface area (Å²) in [6.45, 7) is -1.95. The Bertz CT molecular complexity index is 813. The third-order valence-corrected chi connectivity index (χ3v) is 3.17. The zero-order valence-electron chi connectivity index (χ0n) is 13.3. The molecular weight excluding hydrogens is 358 g/mol. The number of hydrogen-bond acceptors (Lipinski definition) is 4. The summed E-state index contributed by atoms with van der Waals surface area (Å²) >= 11 is 0. The van der Waals surface area contributed by atoms with Crippen molar-refractivity contribution in [2.75, 3.05) is 5.32 Å². The molecule has 0 aliphatic rings. The van der Waals surface area contributed by atoms with Crippen molar-refractivity contribution >= 4 is 17.6 Å². The first-order valence-corrected chi connectivity index (χ1v) is 7.28. The molecule has 1 atom stereocenters. The Morgan fingerprint density at radius 2 is 1.77 bits per heavy atom. The number of anilines is 1. The Balaban J connectivity index is 2.06. The number of carbonyl (C=O) groups excluding carboxylic acids is 2. The van der Waals surface area contributed by atoms with Crippen LogP contribution in [0.4, 0.5) is 23.2 Å². The van der Waals surface area contributed by atoms with Gasteiger partial charge in [-0.05, 0) is 31.2 Å². The fourth-order valence-electron chi connectivity index (χ4n) is 1.94. The standard InChI is InChI=1S/C17H13F4NO4/c1-9(15(23)22-13-7-6-10(18)8-12(13)19)25-16(24)11-4-2-3-5-14(11)26-17(20)21/h2-9,17H,1H3,(H,22,23)/t9-/m0/s1. The van der Waals surface area contributed by atoms with E-state index in [4.69, 9.17) is 4.74 Å². The number of esters is 1. The van der Waals surface area contributed by atoms with Crippen LogP contribution in [0.15, 0.2) is 42.5 Å². The van der Waals surface area contributed by atoms with Crippen LogP contribution in [0.25, 0.3) is 0 Å². The van der Waals surface area contributed by atoms with Crippen LogP contribution in [-0.2, 0) is 9.53 Å². The van der Waals surface area contributed by atoms with Crippen molar-refractivity contribution in [3.8, 4) is 5.75 Å². The van der Waals surface area contributed by atoms with Gasteiger partial charge in [-0.2, -0.15) is 8.78 Å². The highest BCUT2D eigenvalue weighted by Gasteiger charge is 2.23. The first-order chi connectivity index (χ1) is 12.3. The number of carbonyl (C=O) groups is 2. The van der Waals surface area contributed by atoms with Crippen molar-refractivity contribution in [3.05, 3.63) is 59.7 Å². The van der Waals surface area contributed by atoms with Gasteiger partial charge in [0.15, 0.2) is 6.10 Å². The molecule has 1 amide bonds. The second kappa shape index (κ2) is 8.32. The van der Waals surface area contributed by atoms with Crippen molar-refractivity contribution in [2.45, 2.75) is 19.6 Å². The SMILES string of the molecule is C[C@H](OC(=O)c1ccccc1OC(F)F)C(=O)Nc1ccc(F)cc1F. The van der Waals surface area contributed by atoms with Crippen LogP contribution >= 0.6 is 0 Å². The summed E-state index contributed by atoms with van der Waals surface area (Å²) in [6, 6.07) is 7.61. The van der Waals surface area contributed by atoms with Crippen LogP contribution in [0.3, 0.4) is 0 Å². The lowest BCUT2D eigenvalue weighted by Crippen LogP contribution is -2.30. The maximum Gasteiger partial charge on any atom is 0.387 e. The van der Waals surface area contributed by atoms with Crippen LogP contribution in [-0.4, -0.2) is 24.6 Å². The lowest BCUT2D eigenvalue weighted by atomic mass is 10.2. The second-order valence-corrected chi connectivity index (χ2v) is 5.04. The van der Waals surface area contributed by atoms with Gasteiger partial charge in [-0.3, -0.25) is 4.79 Å². The van der Waals surface area contributed by atoms with Crippen molar-refractivity contribution in [1.29, 1.82) is 0 Å². The minimum absolute atomic E-state index is 0.305. The number of benzene rings is 2. The summed E-state index contributed by atoms with van der Waals surface area (Å²) in [5.41, 5.74) is -0.610. The van der Waals surface area contributed by atoms with Crippen molar-refractivity contribution < 1.29 is 36.6 Å². The van der Waals surface area contributed by atoms with E-state index in [1.807, 2.05) is 0 Å². The number of amides is 1. The molecule has 0 radical (unpaired) electrons. The summed E-state index contributed by atoms with van der Waals surface area (Å²) in [4.78, 5) is 24.1. The van der Waals surface area contributed by atoms with Gasteiger partial charge in [0, 0.05) is 6.07 Å². The average molecular weight is 371 g/mol. The third kappa shape index (κ3) is 4.95. The molecule has 0 aliphatic heterocycles. The van der Waals surface area contributed by atoms with Gasteiger partial charge in [-0.15, -0.1) is 0 Å². The van der Waals surface area contributed by atoms with Gasteiger partial charge in [0.2, 0.25) is 0 Å². The number of para-hydroxylation sites is 1. The minimum Gasteiger partial charge on any atom is -0.449 e. The highest BCUT2D eigenvalue weighted by Crippen LogP contribution is 2.22. The number of hydrogen-bond donors (Lipinski definition) is 1. The Morgan fingerprint density at radius 3 is 2.42 bits per heavy atom. The molecular formula is C17H13F4NO4. The average Bonchev–Trinajstić information content (AvgIpc) is 2.57. The van der Waals surface area contributed by atoms with Crippen LogP contribution in [0.5, 0.6) is 5.75 Å². The summed E-state index contributed by atoms with van der Waals surface area (Å²) in [5, 5.41) is 2.13. The molecule has 0 unspecified atom stereocenters. The van der Waals surface area contributed by atoms with E-state index in [1.54, 1.807) is 0 Å². The molecule has 2 aromatic carbocycles. The number of halogens is 4. The van der Waals surface area contributed by atoms with Crippen LogP contribution in [0.1, 0.15) is 17.3 Å². The summed E-state index contributed by atoms with van der Waals surface area (Å²) < 4.78 is 60.2. The van der Waals surface area contributed by atoms with Crippen LogP contribution < -0.4 is 10.1 Å². The van der Waals surface area contributed by atoms with E-state index in [-0.39, 0.29) is 11.3 Å². The van der Waals surface area contributed by atoms with E-state index in [0.717, 1.165) is 18.2 Å². The van der Waals surface area contributed by atoms with Crippen LogP contribution in [0.2, 0.25) is 0 Å². The number of ether oxygens (including phenoxy) is 2. The molecule has 138 valence electrons. The normalized spacial score (nSPS) is 11.8. The monoisotopic (exact) mass is 371 g/mol. The van der Waals surface area contributed by atoms with Gasteiger partial charge in [0.05, 0.1) is 5.69 Å². The fraction of sp³-hybridized carbons (Fsp3) is 0.176. The molecule has 9 heteroatoms. The maximum absolute atomic E-state index is 13.5. The molecule has 0 bridgehead atoms. The molecule has 0 aromatic heterocycles. The first kappa shape index (κ1) is 19.2. The van der Waals surface area contributed by atoms with Crippen molar-refractivity contribution in [3.63, 3.8) is 0 Å². The topological polar surface area (TPSA) is 64.6 Å². The Kier molecular flexibility index (Phi) is 6.16. The van der Waals surface area contributed by atoms with Gasteiger partial charge in [-0.25, -0.2) is 13.6 Å². The number of nitrogens with one attached hydrogen (secondary N) is 1. The largest absolute Gasteiger partial charge is 0.449 e. The predicted molar refractivity (Wildman–Crippen MR) is 82.9 cm³/mol. The molecule has 2 aromatic rings. The highest BCUT2D eigenvalue weighted by atomic mass is 19.3. The number of rotatable bonds is 6. The molecule has 0 spiro atoms. The van der Waals surface area contributed by atoms with Gasteiger partial charge >= 0.3 is 12.6 Å². The lowest BCUT2D eigenvalue weighted by molar-refractivity contribution is -0.123. The van der Waals surface area contributed by atoms with Gasteiger partial charge in [0.1, 0.15) is 22.9 Å². The molecule has 0 fully saturated rings. The number of alkyl halides is 2. The predicted octanol–water partition coefficient (Wildman–Crippen LogP) is 3.75. The summed E-state index contributed by atoms with van der Waals surface area (Å²) in [7, 11) is 0. The zero-order valence-corrected chi connectivity index (χ0v) is 13.3. The zero-order chi connectivity index (χ0) is 19.3. The quantitative estimate of drug-likeness (QED) is 0.621. The highest BCUT2D eigenvalue weighted by molar-refractivity contribution is 5.98. The molecule has 0 heterocycles. The van der Waals surface area contributed by atoms with Gasteiger partial charge in [0.25, 0.3) is 5.91 Å². The van der Waals surface area contributed by atoms with E-state index in [1.165, 1.54) is 25.1 Å². The Labute approximate surface area is 145 Å². The van der Waals surface area contributed by atoms with E-state index in [2.05, 4.69) is 10.1 Å². The Hall–Kier alpha value is -3.10. The smallest absolute Gasteiger partial charge is 0.387 e. The molecule has 0 saturated heterocycles. The molecule has 2 rings (SSSR count). The van der Waals surface area contributed by atoms with Gasteiger partial charge < -0.3 is 14.8 Å². The summed E-state index contributed by atoms with van der Waals surface area (Å²) in [6.07, 6.45) is -1.38. The van der Waals surface area contributed by atoms with Crippen molar-refractivity contribution in [2.24, 2.45) is 0 Å². The van der Waals surface area contributed by atoms with E-state index in [9.17, 15) is 27.2 Å².